The van der Waals surface area contributed by atoms with Crippen LogP contribution >= 0.6 is 0 Å². The van der Waals surface area contributed by atoms with E-state index in [9.17, 15) is 4.79 Å². The molecule has 2 fully saturated rings. The van der Waals surface area contributed by atoms with Gasteiger partial charge in [-0.1, -0.05) is 19.0 Å². The van der Waals surface area contributed by atoms with Crippen molar-refractivity contribution < 1.29 is 9.32 Å². The summed E-state index contributed by atoms with van der Waals surface area (Å²) in [5.74, 6) is 2.59. The first-order valence-corrected chi connectivity index (χ1v) is 9.37. The lowest BCUT2D eigenvalue weighted by atomic mass is 9.98. The predicted octanol–water partition coefficient (Wildman–Crippen LogP) is 2.63. The van der Waals surface area contributed by atoms with Crippen molar-refractivity contribution in [1.82, 2.24) is 20.0 Å². The van der Waals surface area contributed by atoms with Crippen molar-refractivity contribution in [2.45, 2.75) is 39.2 Å². The first-order valence-electron chi connectivity index (χ1n) is 9.37. The number of carbonyl (C=O) groups excluding carboxylic acids is 1. The fraction of sp³-hybridized carbons (Fsp3) is 0.579. The van der Waals surface area contributed by atoms with E-state index >= 15 is 0 Å². The van der Waals surface area contributed by atoms with Crippen molar-refractivity contribution in [1.29, 1.82) is 0 Å². The summed E-state index contributed by atoms with van der Waals surface area (Å²) in [5.41, 5.74) is 0.852. The van der Waals surface area contributed by atoms with Crippen molar-refractivity contribution in [2.24, 2.45) is 17.8 Å². The van der Waals surface area contributed by atoms with Gasteiger partial charge in [-0.3, -0.25) is 9.78 Å². The van der Waals surface area contributed by atoms with Crippen molar-refractivity contribution in [3.05, 3.63) is 36.1 Å². The SMILES string of the molecule is CC(C)Cc1cc(C(=O)N2C[C@@H]3CC[C@@H](Nc4cnccn4)[C@@H]3C2)on1. The number of nitrogens with zero attached hydrogens (tertiary/aromatic N) is 4. The minimum absolute atomic E-state index is 0.0415. The Balaban J connectivity index is 1.40. The fourth-order valence-electron chi connectivity index (χ4n) is 4.26. The zero-order chi connectivity index (χ0) is 18.1. The quantitative estimate of drug-likeness (QED) is 0.887. The number of amides is 1. The molecule has 1 aliphatic heterocycles. The maximum atomic E-state index is 12.8. The summed E-state index contributed by atoms with van der Waals surface area (Å²) in [4.78, 5) is 23.1. The summed E-state index contributed by atoms with van der Waals surface area (Å²) in [6, 6.07) is 2.13. The standard InChI is InChI=1S/C19H25N5O2/c1-12(2)7-14-8-17(26-23-14)19(25)24-10-13-3-4-16(15(13)11-24)22-18-9-20-5-6-21-18/h5-6,8-9,12-13,15-16H,3-4,7,10-11H2,1-2H3,(H,21,22)/t13-,15+,16+/m0/s1. The molecule has 0 aromatic carbocycles. The van der Waals surface area contributed by atoms with Crippen LogP contribution in [0.15, 0.2) is 29.2 Å². The highest BCUT2D eigenvalue weighted by atomic mass is 16.5. The average molecular weight is 355 g/mol. The van der Waals surface area contributed by atoms with Crippen LogP contribution in [0, 0.1) is 17.8 Å². The van der Waals surface area contributed by atoms with Crippen molar-refractivity contribution in [2.75, 3.05) is 18.4 Å². The Labute approximate surface area is 153 Å². The molecule has 7 nitrogen and oxygen atoms in total. The van der Waals surface area contributed by atoms with E-state index in [1.165, 1.54) is 0 Å². The predicted molar refractivity (Wildman–Crippen MR) is 96.6 cm³/mol. The van der Waals surface area contributed by atoms with E-state index in [1.807, 2.05) is 4.90 Å². The van der Waals surface area contributed by atoms with E-state index in [2.05, 4.69) is 34.3 Å². The monoisotopic (exact) mass is 355 g/mol. The number of fused-ring (bicyclic) bond motifs is 1. The molecule has 138 valence electrons. The Morgan fingerprint density at radius 1 is 1.35 bits per heavy atom. The Hall–Kier alpha value is -2.44. The van der Waals surface area contributed by atoms with Gasteiger partial charge >= 0.3 is 0 Å². The molecule has 1 N–H and O–H groups in total. The van der Waals surface area contributed by atoms with E-state index in [-0.39, 0.29) is 5.91 Å². The molecular formula is C19H25N5O2. The highest BCUT2D eigenvalue weighted by Gasteiger charge is 2.44. The molecule has 1 amide bonds. The van der Waals surface area contributed by atoms with Gasteiger partial charge in [0.25, 0.3) is 5.91 Å². The van der Waals surface area contributed by atoms with Gasteiger partial charge in [-0.25, -0.2) is 4.98 Å². The number of likely N-dealkylation sites (tertiary alicyclic amines) is 1. The lowest BCUT2D eigenvalue weighted by Crippen LogP contribution is -2.33. The topological polar surface area (TPSA) is 84.2 Å². The Kier molecular flexibility index (Phi) is 4.61. The zero-order valence-corrected chi connectivity index (χ0v) is 15.3. The third-order valence-electron chi connectivity index (χ3n) is 5.43. The van der Waals surface area contributed by atoms with Gasteiger partial charge in [0.1, 0.15) is 5.82 Å². The number of aromatic nitrogens is 3. The van der Waals surface area contributed by atoms with Gasteiger partial charge in [0.05, 0.1) is 11.9 Å². The van der Waals surface area contributed by atoms with E-state index < -0.39 is 0 Å². The minimum Gasteiger partial charge on any atom is -0.366 e. The molecular weight excluding hydrogens is 330 g/mol. The van der Waals surface area contributed by atoms with Crippen LogP contribution in [0.25, 0.3) is 0 Å². The van der Waals surface area contributed by atoms with Gasteiger partial charge in [0.15, 0.2) is 0 Å². The smallest absolute Gasteiger partial charge is 0.292 e. The number of carbonyl (C=O) groups is 1. The maximum absolute atomic E-state index is 12.8. The van der Waals surface area contributed by atoms with E-state index in [0.29, 0.717) is 29.6 Å². The second kappa shape index (κ2) is 7.05. The maximum Gasteiger partial charge on any atom is 0.292 e. The van der Waals surface area contributed by atoms with Crippen molar-refractivity contribution in [3.8, 4) is 0 Å². The minimum atomic E-state index is -0.0415. The van der Waals surface area contributed by atoms with Crippen molar-refractivity contribution >= 4 is 11.7 Å². The second-order valence-corrected chi connectivity index (χ2v) is 7.83. The normalized spacial score (nSPS) is 24.9. The molecule has 4 rings (SSSR count). The van der Waals surface area contributed by atoms with Crippen LogP contribution < -0.4 is 5.32 Å². The first kappa shape index (κ1) is 17.0. The average Bonchev–Trinajstić information content (AvgIpc) is 3.32. The summed E-state index contributed by atoms with van der Waals surface area (Å²) in [6.45, 7) is 5.80. The molecule has 0 spiro atoms. The highest BCUT2D eigenvalue weighted by molar-refractivity contribution is 5.91. The van der Waals surface area contributed by atoms with Gasteiger partial charge in [0.2, 0.25) is 5.76 Å². The molecule has 3 atom stereocenters. The molecule has 1 saturated heterocycles. The molecule has 0 bridgehead atoms. The largest absolute Gasteiger partial charge is 0.366 e. The third kappa shape index (κ3) is 3.43. The molecule has 3 heterocycles. The molecule has 2 aromatic heterocycles. The summed E-state index contributed by atoms with van der Waals surface area (Å²) in [5, 5.41) is 7.53. The Morgan fingerprint density at radius 3 is 3.00 bits per heavy atom. The molecule has 2 aromatic rings. The van der Waals surface area contributed by atoms with Crippen LogP contribution in [0.5, 0.6) is 0 Å². The van der Waals surface area contributed by atoms with Crippen LogP contribution in [0.3, 0.4) is 0 Å². The van der Waals surface area contributed by atoms with Gasteiger partial charge in [-0.15, -0.1) is 0 Å². The van der Waals surface area contributed by atoms with Crippen LogP contribution in [0.2, 0.25) is 0 Å². The van der Waals surface area contributed by atoms with E-state index in [1.54, 1.807) is 24.7 Å². The summed E-state index contributed by atoms with van der Waals surface area (Å²) < 4.78 is 5.31. The van der Waals surface area contributed by atoms with Crippen LogP contribution in [-0.4, -0.2) is 45.1 Å². The summed E-state index contributed by atoms with van der Waals surface area (Å²) in [7, 11) is 0. The number of hydrogen-bond donors (Lipinski definition) is 1. The fourth-order valence-corrected chi connectivity index (χ4v) is 4.26. The van der Waals surface area contributed by atoms with Crippen LogP contribution in [-0.2, 0) is 6.42 Å². The summed E-state index contributed by atoms with van der Waals surface area (Å²) in [6.07, 6.45) is 8.17. The number of rotatable bonds is 5. The number of anilines is 1. The van der Waals surface area contributed by atoms with E-state index in [0.717, 1.165) is 43.9 Å². The molecule has 26 heavy (non-hydrogen) atoms. The van der Waals surface area contributed by atoms with Crippen LogP contribution in [0.4, 0.5) is 5.82 Å². The molecule has 2 aliphatic rings. The number of nitrogens with one attached hydrogen (secondary N) is 1. The molecule has 7 heteroatoms. The van der Waals surface area contributed by atoms with Gasteiger partial charge < -0.3 is 14.7 Å². The Bertz CT molecular complexity index is 760. The molecule has 0 unspecified atom stereocenters. The third-order valence-corrected chi connectivity index (χ3v) is 5.43. The summed E-state index contributed by atoms with van der Waals surface area (Å²) >= 11 is 0. The van der Waals surface area contributed by atoms with Gasteiger partial charge in [-0.05, 0) is 31.1 Å². The lowest BCUT2D eigenvalue weighted by molar-refractivity contribution is 0.0738. The highest BCUT2D eigenvalue weighted by Crippen LogP contribution is 2.39. The second-order valence-electron chi connectivity index (χ2n) is 7.83. The number of hydrogen-bond acceptors (Lipinski definition) is 6. The molecule has 1 saturated carbocycles. The van der Waals surface area contributed by atoms with Crippen LogP contribution in [0.1, 0.15) is 42.9 Å². The van der Waals surface area contributed by atoms with E-state index in [4.69, 9.17) is 4.52 Å². The zero-order valence-electron chi connectivity index (χ0n) is 15.3. The lowest BCUT2D eigenvalue weighted by Gasteiger charge is -2.21. The molecule has 1 aliphatic carbocycles. The Morgan fingerprint density at radius 2 is 2.23 bits per heavy atom. The molecule has 0 radical (unpaired) electrons. The van der Waals surface area contributed by atoms with Crippen molar-refractivity contribution in [3.63, 3.8) is 0 Å². The van der Waals surface area contributed by atoms with Gasteiger partial charge in [0, 0.05) is 43.5 Å². The first-order chi connectivity index (χ1) is 12.6. The van der Waals surface area contributed by atoms with Gasteiger partial charge in [-0.2, -0.15) is 0 Å².